The number of carbonyl (C=O) groups is 3. The van der Waals surface area contributed by atoms with Crippen LogP contribution < -0.4 is 16.8 Å². The molecule has 0 aliphatic carbocycles. The van der Waals surface area contributed by atoms with Crippen molar-refractivity contribution in [3.05, 3.63) is 0 Å². The van der Waals surface area contributed by atoms with Gasteiger partial charge in [0.15, 0.2) is 0 Å². The normalized spacial score (nSPS) is 15.8. The van der Waals surface area contributed by atoms with Crippen molar-refractivity contribution in [3.63, 3.8) is 0 Å². The second-order valence-electron chi connectivity index (χ2n) is 4.75. The van der Waals surface area contributed by atoms with Gasteiger partial charge in [-0.1, -0.05) is 13.8 Å². The van der Waals surface area contributed by atoms with Crippen LogP contribution in [0.15, 0.2) is 0 Å². The predicted molar refractivity (Wildman–Crippen MR) is 65.4 cm³/mol. The van der Waals surface area contributed by atoms with Crippen molar-refractivity contribution in [3.8, 4) is 0 Å². The molecule has 0 aliphatic rings. The molecule has 0 saturated carbocycles. The Morgan fingerprint density at radius 1 is 1.33 bits per heavy atom. The minimum atomic E-state index is -1.20. The van der Waals surface area contributed by atoms with E-state index in [-0.39, 0.29) is 18.8 Å². The first-order valence-corrected chi connectivity index (χ1v) is 5.70. The Morgan fingerprint density at radius 2 is 1.83 bits per heavy atom. The maximum absolute atomic E-state index is 11.7. The third-order valence-corrected chi connectivity index (χ3v) is 3.06. The molecular weight excluding hydrogens is 238 g/mol. The molecule has 6 N–H and O–H groups in total. The highest BCUT2D eigenvalue weighted by Gasteiger charge is 2.37. The number of rotatable bonds is 7. The number of primary amides is 1. The Hall–Kier alpha value is -1.63. The molecule has 7 heteroatoms. The van der Waals surface area contributed by atoms with Crippen LogP contribution in [0.25, 0.3) is 0 Å². The van der Waals surface area contributed by atoms with Gasteiger partial charge in [-0.25, -0.2) is 0 Å². The molecule has 0 rings (SSSR count). The number of aliphatic carboxylic acids is 1. The molecule has 0 saturated heterocycles. The Kier molecular flexibility index (Phi) is 5.77. The van der Waals surface area contributed by atoms with Crippen LogP contribution in [0.1, 0.15) is 33.6 Å². The Labute approximate surface area is 106 Å². The van der Waals surface area contributed by atoms with Crippen molar-refractivity contribution >= 4 is 17.8 Å². The fraction of sp³-hybridized carbons (Fsp3) is 0.727. The molecule has 0 heterocycles. The number of amides is 2. The van der Waals surface area contributed by atoms with Crippen molar-refractivity contribution < 1.29 is 19.5 Å². The molecule has 0 aliphatic heterocycles. The van der Waals surface area contributed by atoms with Gasteiger partial charge in [-0.2, -0.15) is 0 Å². The molecule has 0 spiro atoms. The summed E-state index contributed by atoms with van der Waals surface area (Å²) in [4.78, 5) is 33.5. The number of carboxylic acid groups (broad SMARTS) is 1. The molecule has 2 unspecified atom stereocenters. The minimum absolute atomic E-state index is 0.00804. The number of hydrogen-bond donors (Lipinski definition) is 4. The van der Waals surface area contributed by atoms with Gasteiger partial charge in [0, 0.05) is 6.42 Å². The van der Waals surface area contributed by atoms with Gasteiger partial charge in [-0.15, -0.1) is 0 Å². The van der Waals surface area contributed by atoms with E-state index in [1.54, 1.807) is 13.8 Å². The zero-order chi connectivity index (χ0) is 14.5. The van der Waals surface area contributed by atoms with Crippen LogP contribution in [0.2, 0.25) is 0 Å². The summed E-state index contributed by atoms with van der Waals surface area (Å²) in [5, 5.41) is 11.0. The summed E-state index contributed by atoms with van der Waals surface area (Å²) < 4.78 is 0. The molecule has 0 bridgehead atoms. The highest BCUT2D eigenvalue weighted by molar-refractivity contribution is 5.92. The van der Waals surface area contributed by atoms with Crippen LogP contribution in [0.3, 0.4) is 0 Å². The van der Waals surface area contributed by atoms with Crippen LogP contribution in [0.4, 0.5) is 0 Å². The molecule has 0 aromatic carbocycles. The number of carboxylic acids is 1. The molecule has 2 amide bonds. The van der Waals surface area contributed by atoms with Gasteiger partial charge < -0.3 is 21.9 Å². The van der Waals surface area contributed by atoms with Crippen molar-refractivity contribution in [2.24, 2.45) is 17.4 Å². The Morgan fingerprint density at radius 3 is 2.17 bits per heavy atom. The topological polar surface area (TPSA) is 136 Å². The van der Waals surface area contributed by atoms with E-state index in [1.165, 1.54) is 6.92 Å². The van der Waals surface area contributed by atoms with Crippen LogP contribution in [0, 0.1) is 5.92 Å². The van der Waals surface area contributed by atoms with Crippen LogP contribution in [0.5, 0.6) is 0 Å². The minimum Gasteiger partial charge on any atom is -0.481 e. The molecule has 7 nitrogen and oxygen atoms in total. The maximum atomic E-state index is 11.7. The summed E-state index contributed by atoms with van der Waals surface area (Å²) in [7, 11) is 0. The average molecular weight is 259 g/mol. The van der Waals surface area contributed by atoms with E-state index in [4.69, 9.17) is 16.6 Å². The van der Waals surface area contributed by atoms with Gasteiger partial charge in [0.25, 0.3) is 0 Å². The molecule has 18 heavy (non-hydrogen) atoms. The third-order valence-electron chi connectivity index (χ3n) is 3.06. The highest BCUT2D eigenvalue weighted by Crippen LogP contribution is 2.16. The van der Waals surface area contributed by atoms with E-state index in [0.717, 1.165) is 0 Å². The lowest BCUT2D eigenvalue weighted by atomic mass is 9.87. The molecule has 2 atom stereocenters. The SMILES string of the molecule is CC(C)C(C)(NC(=O)C(N)CCC(=O)O)C(N)=O. The van der Waals surface area contributed by atoms with Crippen molar-refractivity contribution in [2.75, 3.05) is 0 Å². The van der Waals surface area contributed by atoms with Gasteiger partial charge in [-0.05, 0) is 19.3 Å². The van der Waals surface area contributed by atoms with E-state index in [2.05, 4.69) is 5.32 Å². The number of nitrogens with one attached hydrogen (secondary N) is 1. The summed E-state index contributed by atoms with van der Waals surface area (Å²) in [6, 6.07) is -0.974. The zero-order valence-electron chi connectivity index (χ0n) is 10.9. The summed E-state index contributed by atoms with van der Waals surface area (Å²) in [6.07, 6.45) is -0.197. The number of carbonyl (C=O) groups excluding carboxylic acids is 2. The number of nitrogens with two attached hydrogens (primary N) is 2. The van der Waals surface area contributed by atoms with Crippen molar-refractivity contribution in [1.29, 1.82) is 0 Å². The molecule has 0 radical (unpaired) electrons. The fourth-order valence-corrected chi connectivity index (χ4v) is 1.25. The third kappa shape index (κ3) is 4.33. The molecular formula is C11H21N3O4. The second-order valence-corrected chi connectivity index (χ2v) is 4.75. The first kappa shape index (κ1) is 16.4. The average Bonchev–Trinajstić information content (AvgIpc) is 2.24. The summed E-state index contributed by atoms with van der Waals surface area (Å²) in [5.41, 5.74) is 9.60. The van der Waals surface area contributed by atoms with Crippen LogP contribution in [-0.4, -0.2) is 34.5 Å². The number of hydrogen-bond acceptors (Lipinski definition) is 4. The first-order valence-electron chi connectivity index (χ1n) is 5.70. The molecule has 0 aromatic heterocycles. The van der Waals surface area contributed by atoms with Gasteiger partial charge in [0.2, 0.25) is 11.8 Å². The highest BCUT2D eigenvalue weighted by atomic mass is 16.4. The van der Waals surface area contributed by atoms with E-state index in [1.807, 2.05) is 0 Å². The van der Waals surface area contributed by atoms with Crippen LogP contribution in [-0.2, 0) is 14.4 Å². The second kappa shape index (κ2) is 6.34. The Balaban J connectivity index is 4.61. The van der Waals surface area contributed by atoms with Gasteiger partial charge >= 0.3 is 5.97 Å². The van der Waals surface area contributed by atoms with Crippen molar-refractivity contribution in [2.45, 2.75) is 45.2 Å². The smallest absolute Gasteiger partial charge is 0.303 e. The van der Waals surface area contributed by atoms with E-state index < -0.39 is 29.4 Å². The monoisotopic (exact) mass is 259 g/mol. The van der Waals surface area contributed by atoms with E-state index >= 15 is 0 Å². The quantitative estimate of drug-likeness (QED) is 0.474. The maximum Gasteiger partial charge on any atom is 0.303 e. The van der Waals surface area contributed by atoms with E-state index in [9.17, 15) is 14.4 Å². The summed E-state index contributed by atoms with van der Waals surface area (Å²) in [6.45, 7) is 5.00. The van der Waals surface area contributed by atoms with Gasteiger partial charge in [-0.3, -0.25) is 14.4 Å². The fourth-order valence-electron chi connectivity index (χ4n) is 1.25. The van der Waals surface area contributed by atoms with Crippen molar-refractivity contribution in [1.82, 2.24) is 5.32 Å². The standard InChI is InChI=1S/C11H21N3O4/c1-6(2)11(3,10(13)18)14-9(17)7(12)4-5-8(15)16/h6-7H,4-5,12H2,1-3H3,(H2,13,18)(H,14,17)(H,15,16). The molecule has 104 valence electrons. The molecule has 0 fully saturated rings. The lowest BCUT2D eigenvalue weighted by molar-refractivity contribution is -0.137. The zero-order valence-corrected chi connectivity index (χ0v) is 10.9. The van der Waals surface area contributed by atoms with E-state index in [0.29, 0.717) is 0 Å². The summed E-state index contributed by atoms with van der Waals surface area (Å²) in [5.74, 6) is -2.46. The first-order chi connectivity index (χ1) is 8.11. The Bertz CT molecular complexity index is 343. The summed E-state index contributed by atoms with van der Waals surface area (Å²) >= 11 is 0. The lowest BCUT2D eigenvalue weighted by Crippen LogP contribution is -2.61. The van der Waals surface area contributed by atoms with Crippen LogP contribution >= 0.6 is 0 Å². The van der Waals surface area contributed by atoms with Gasteiger partial charge in [0.05, 0.1) is 6.04 Å². The molecule has 0 aromatic rings. The largest absolute Gasteiger partial charge is 0.481 e. The predicted octanol–water partition coefficient (Wildman–Crippen LogP) is -0.805. The van der Waals surface area contributed by atoms with Gasteiger partial charge in [0.1, 0.15) is 5.54 Å². The lowest BCUT2D eigenvalue weighted by Gasteiger charge is -2.32.